The predicted molar refractivity (Wildman–Crippen MR) is 107 cm³/mol. The topological polar surface area (TPSA) is 111 Å². The summed E-state index contributed by atoms with van der Waals surface area (Å²) in [7, 11) is 1.22. The smallest absolute Gasteiger partial charge is 0.407 e. The van der Waals surface area contributed by atoms with Crippen LogP contribution in [-0.4, -0.2) is 66.8 Å². The van der Waals surface area contributed by atoms with Gasteiger partial charge in [-0.05, 0) is 45.7 Å². The molecule has 1 aromatic rings. The Balaban J connectivity index is 2.05. The van der Waals surface area contributed by atoms with Crippen LogP contribution < -0.4 is 5.32 Å². The predicted octanol–water partition coefficient (Wildman–Crippen LogP) is 1.90. The molecule has 2 amide bonds. The van der Waals surface area contributed by atoms with Gasteiger partial charge in [0.2, 0.25) is 0 Å². The van der Waals surface area contributed by atoms with Gasteiger partial charge in [0.05, 0.1) is 18.7 Å². The van der Waals surface area contributed by atoms with E-state index < -0.39 is 41.7 Å². The summed E-state index contributed by atoms with van der Waals surface area (Å²) in [5.41, 5.74) is -0.326. The monoisotopic (exact) mass is 420 g/mol. The quantitative estimate of drug-likeness (QED) is 0.553. The zero-order chi connectivity index (χ0) is 22.3. The van der Waals surface area contributed by atoms with Gasteiger partial charge in [0, 0.05) is 6.54 Å². The number of amides is 2. The molecule has 1 aliphatic heterocycles. The summed E-state index contributed by atoms with van der Waals surface area (Å²) in [5.74, 6) is -1.73. The van der Waals surface area contributed by atoms with Crippen LogP contribution in [0.25, 0.3) is 0 Å². The van der Waals surface area contributed by atoms with Crippen molar-refractivity contribution < 1.29 is 33.4 Å². The van der Waals surface area contributed by atoms with Crippen LogP contribution in [0.3, 0.4) is 0 Å². The largest absolute Gasteiger partial charge is 0.468 e. The fraction of sp³-hybridized carbons (Fsp3) is 0.524. The Hall–Kier alpha value is -3.10. The van der Waals surface area contributed by atoms with Gasteiger partial charge in [0.25, 0.3) is 5.91 Å². The zero-order valence-corrected chi connectivity index (χ0v) is 17.7. The van der Waals surface area contributed by atoms with Crippen molar-refractivity contribution in [3.63, 3.8) is 0 Å². The lowest BCUT2D eigenvalue weighted by Gasteiger charge is -2.38. The lowest BCUT2D eigenvalue weighted by Crippen LogP contribution is -2.56. The van der Waals surface area contributed by atoms with Gasteiger partial charge in [-0.3, -0.25) is 9.59 Å². The van der Waals surface area contributed by atoms with Crippen LogP contribution in [0.1, 0.15) is 44.0 Å². The maximum atomic E-state index is 12.9. The van der Waals surface area contributed by atoms with Crippen molar-refractivity contribution in [2.75, 3.05) is 20.2 Å². The Bertz CT molecular complexity index is 773. The fourth-order valence-corrected chi connectivity index (χ4v) is 3.01. The molecular formula is C21H28N2O7. The Labute approximate surface area is 175 Å². The molecule has 1 aromatic carbocycles. The molecule has 0 aliphatic carbocycles. The normalized spacial score (nSPS) is 19.1. The molecule has 1 fully saturated rings. The number of carbonyl (C=O) groups excluding carboxylic acids is 4. The molecule has 2 rings (SSSR count). The minimum absolute atomic E-state index is 0.0942. The van der Waals surface area contributed by atoms with Gasteiger partial charge in [0.1, 0.15) is 12.1 Å². The second kappa shape index (κ2) is 10.1. The van der Waals surface area contributed by atoms with Crippen LogP contribution in [-0.2, 0) is 23.8 Å². The number of hydrogen-bond donors (Lipinski definition) is 1. The van der Waals surface area contributed by atoms with E-state index in [-0.39, 0.29) is 19.5 Å². The van der Waals surface area contributed by atoms with Crippen molar-refractivity contribution in [1.82, 2.24) is 10.2 Å². The summed E-state index contributed by atoms with van der Waals surface area (Å²) in [6, 6.07) is 7.88. The average Bonchev–Trinajstić information content (AvgIpc) is 2.69. The number of rotatable bonds is 6. The van der Waals surface area contributed by atoms with E-state index in [1.807, 2.05) is 0 Å². The maximum absolute atomic E-state index is 12.9. The van der Waals surface area contributed by atoms with Gasteiger partial charge < -0.3 is 24.4 Å². The Kier molecular flexibility index (Phi) is 7.79. The van der Waals surface area contributed by atoms with Gasteiger partial charge in [-0.15, -0.1) is 0 Å². The number of benzene rings is 1. The van der Waals surface area contributed by atoms with Gasteiger partial charge in [0.15, 0.2) is 6.10 Å². The third-order valence-corrected chi connectivity index (χ3v) is 4.43. The van der Waals surface area contributed by atoms with Crippen molar-refractivity contribution in [2.24, 2.45) is 0 Å². The lowest BCUT2D eigenvalue weighted by atomic mass is 9.99. The molecule has 1 heterocycles. The first-order valence-electron chi connectivity index (χ1n) is 9.71. The second-order valence-electron chi connectivity index (χ2n) is 7.92. The van der Waals surface area contributed by atoms with E-state index in [9.17, 15) is 19.2 Å². The minimum Gasteiger partial charge on any atom is -0.468 e. The van der Waals surface area contributed by atoms with E-state index in [0.29, 0.717) is 12.0 Å². The van der Waals surface area contributed by atoms with Gasteiger partial charge in [-0.2, -0.15) is 0 Å². The van der Waals surface area contributed by atoms with Crippen LogP contribution in [0, 0.1) is 0 Å². The molecule has 1 aliphatic rings. The summed E-state index contributed by atoms with van der Waals surface area (Å²) in [6.45, 7) is 5.01. The minimum atomic E-state index is -1.01. The van der Waals surface area contributed by atoms with Gasteiger partial charge in [-0.1, -0.05) is 18.2 Å². The summed E-state index contributed by atoms with van der Waals surface area (Å²) >= 11 is 0. The van der Waals surface area contributed by atoms with Crippen molar-refractivity contribution >= 4 is 23.9 Å². The van der Waals surface area contributed by atoms with Crippen LogP contribution in [0.4, 0.5) is 4.79 Å². The van der Waals surface area contributed by atoms with Crippen molar-refractivity contribution in [2.45, 2.75) is 51.4 Å². The molecule has 30 heavy (non-hydrogen) atoms. The van der Waals surface area contributed by atoms with Crippen LogP contribution in [0.5, 0.6) is 0 Å². The molecule has 0 unspecified atom stereocenters. The Morgan fingerprint density at radius 3 is 2.40 bits per heavy atom. The van der Waals surface area contributed by atoms with E-state index >= 15 is 0 Å². The van der Waals surface area contributed by atoms with E-state index in [1.165, 1.54) is 12.0 Å². The molecule has 0 aromatic heterocycles. The second-order valence-corrected chi connectivity index (χ2v) is 7.92. The molecule has 1 saturated heterocycles. The summed E-state index contributed by atoms with van der Waals surface area (Å²) in [6.07, 6.45) is -0.938. The molecule has 164 valence electrons. The third kappa shape index (κ3) is 6.75. The highest BCUT2D eigenvalue weighted by molar-refractivity contribution is 5.93. The number of ether oxygens (including phenoxy) is 3. The van der Waals surface area contributed by atoms with E-state index in [2.05, 4.69) is 10.1 Å². The molecule has 0 radical (unpaired) electrons. The SMILES string of the molecule is COC(=O)CN1C(=O)[C@@H](OC(=O)c2ccccc2)CC[C@@H]1CNC(=O)OC(C)(C)C. The molecule has 9 nitrogen and oxygen atoms in total. The van der Waals surface area contributed by atoms with Crippen molar-refractivity contribution in [3.8, 4) is 0 Å². The van der Waals surface area contributed by atoms with E-state index in [4.69, 9.17) is 9.47 Å². The average molecular weight is 420 g/mol. The standard InChI is InChI=1S/C21H28N2O7/c1-21(2,3)30-20(27)22-12-15-10-11-16(18(25)23(15)13-17(24)28-4)29-19(26)14-8-6-5-7-9-14/h5-9,15-16H,10-13H2,1-4H3,(H,22,27)/t15-,16+/m1/s1. The molecule has 9 heteroatoms. The van der Waals surface area contributed by atoms with E-state index in [0.717, 1.165) is 0 Å². The number of nitrogens with one attached hydrogen (secondary N) is 1. The summed E-state index contributed by atoms with van der Waals surface area (Å²) < 4.78 is 15.3. The molecule has 0 bridgehead atoms. The van der Waals surface area contributed by atoms with E-state index in [1.54, 1.807) is 51.1 Å². The number of methoxy groups -OCH3 is 1. The maximum Gasteiger partial charge on any atom is 0.407 e. The Morgan fingerprint density at radius 1 is 1.13 bits per heavy atom. The molecule has 0 saturated carbocycles. The lowest BCUT2D eigenvalue weighted by molar-refractivity contribution is -0.156. The van der Waals surface area contributed by atoms with Gasteiger partial charge in [-0.25, -0.2) is 9.59 Å². The van der Waals surface area contributed by atoms with Crippen LogP contribution in [0.2, 0.25) is 0 Å². The number of hydrogen-bond acceptors (Lipinski definition) is 7. The third-order valence-electron chi connectivity index (χ3n) is 4.43. The van der Waals surface area contributed by atoms with Crippen molar-refractivity contribution in [1.29, 1.82) is 0 Å². The van der Waals surface area contributed by atoms with Gasteiger partial charge >= 0.3 is 18.0 Å². The molecule has 0 spiro atoms. The number of nitrogens with zero attached hydrogens (tertiary/aromatic N) is 1. The number of piperidine rings is 1. The van der Waals surface area contributed by atoms with Crippen molar-refractivity contribution in [3.05, 3.63) is 35.9 Å². The molecular weight excluding hydrogens is 392 g/mol. The fourth-order valence-electron chi connectivity index (χ4n) is 3.01. The summed E-state index contributed by atoms with van der Waals surface area (Å²) in [5, 5.41) is 2.62. The first kappa shape index (κ1) is 23.2. The molecule has 2 atom stereocenters. The first-order valence-corrected chi connectivity index (χ1v) is 9.71. The highest BCUT2D eigenvalue weighted by Crippen LogP contribution is 2.22. The highest BCUT2D eigenvalue weighted by atomic mass is 16.6. The number of esters is 2. The highest BCUT2D eigenvalue weighted by Gasteiger charge is 2.39. The zero-order valence-electron chi connectivity index (χ0n) is 17.7. The number of alkyl carbamates (subject to hydrolysis) is 1. The van der Waals surface area contributed by atoms with Crippen LogP contribution in [0.15, 0.2) is 30.3 Å². The Morgan fingerprint density at radius 2 is 1.80 bits per heavy atom. The number of carbonyl (C=O) groups is 4. The first-order chi connectivity index (χ1) is 14.1. The molecule has 1 N–H and O–H groups in total. The van der Waals surface area contributed by atoms with Crippen LogP contribution >= 0.6 is 0 Å². The summed E-state index contributed by atoms with van der Waals surface area (Å²) in [4.78, 5) is 50.3. The number of likely N-dealkylation sites (tertiary alicyclic amines) is 1.